The van der Waals surface area contributed by atoms with Gasteiger partial charge >= 0.3 is 0 Å². The van der Waals surface area contributed by atoms with Gasteiger partial charge in [0.05, 0.1) is 0 Å². The Morgan fingerprint density at radius 2 is 1.96 bits per heavy atom. The zero-order chi connectivity index (χ0) is 18.4. The zero-order valence-electron chi connectivity index (χ0n) is 16.4. The van der Waals surface area contributed by atoms with Crippen molar-refractivity contribution >= 4 is 5.78 Å². The third-order valence-corrected chi connectivity index (χ3v) is 8.32. The van der Waals surface area contributed by atoms with Crippen LogP contribution < -0.4 is 0 Å². The van der Waals surface area contributed by atoms with Crippen LogP contribution >= 0.6 is 0 Å². The molecule has 0 spiro atoms. The van der Waals surface area contributed by atoms with Gasteiger partial charge in [0.1, 0.15) is 0 Å². The molecule has 0 bridgehead atoms. The highest BCUT2D eigenvalue weighted by molar-refractivity contribution is 5.90. The number of carbonyl (C=O) groups is 1. The maximum absolute atomic E-state index is 12.0. The van der Waals surface area contributed by atoms with E-state index < -0.39 is 0 Å². The summed E-state index contributed by atoms with van der Waals surface area (Å²) in [7, 11) is 0. The first-order valence-corrected chi connectivity index (χ1v) is 10.9. The second kappa shape index (κ2) is 6.66. The molecule has 0 amide bonds. The van der Waals surface area contributed by atoms with Crippen LogP contribution in [0, 0.1) is 52.8 Å². The van der Waals surface area contributed by atoms with Gasteiger partial charge in [-0.25, -0.2) is 0 Å². The molecule has 0 N–H and O–H groups in total. The molecule has 5 rings (SSSR count). The normalized spacial score (nSPS) is 42.5. The summed E-state index contributed by atoms with van der Waals surface area (Å²) >= 11 is 0. The number of fused-ring (bicyclic) bond motifs is 5. The van der Waals surface area contributed by atoms with Gasteiger partial charge in [-0.15, -0.1) is 0 Å². The van der Waals surface area contributed by atoms with E-state index in [1.54, 1.807) is 0 Å². The third-order valence-electron chi connectivity index (χ3n) is 8.32. The third kappa shape index (κ3) is 2.98. The maximum Gasteiger partial charge on any atom is 0.155 e. The van der Waals surface area contributed by atoms with Crippen molar-refractivity contribution in [1.82, 2.24) is 0 Å². The van der Waals surface area contributed by atoms with Gasteiger partial charge in [-0.1, -0.05) is 49.5 Å². The number of benzene rings is 1. The highest BCUT2D eigenvalue weighted by atomic mass is 16.1. The molecule has 3 saturated carbocycles. The van der Waals surface area contributed by atoms with Crippen LogP contribution in [0.2, 0.25) is 0 Å². The molecular formula is C26H30O. The standard InChI is InChI=1S/C26H30O/c1-26-15-5-8-24(26)23-13-11-19-16-21(27)12-14-22(19)25(23)20(17-26)10-9-18-6-3-2-4-7-18/h2-4,6-7,12,14,19-20,22-25H,5,8,11,13,15-17H2,1H3/t19?,20-,22-,23-,24-,25+,26-/m0/s1. The summed E-state index contributed by atoms with van der Waals surface area (Å²) in [6.45, 7) is 2.55. The Hall–Kier alpha value is -1.81. The fraction of sp³-hybridized carbons (Fsp3) is 0.577. The average Bonchev–Trinajstić information content (AvgIpc) is 3.07. The molecule has 0 heterocycles. The van der Waals surface area contributed by atoms with Crippen LogP contribution in [0.3, 0.4) is 0 Å². The highest BCUT2D eigenvalue weighted by Gasteiger charge is 2.56. The summed E-state index contributed by atoms with van der Waals surface area (Å²) in [4.78, 5) is 12.0. The lowest BCUT2D eigenvalue weighted by Crippen LogP contribution is -2.50. The Morgan fingerprint density at radius 1 is 1.11 bits per heavy atom. The Morgan fingerprint density at radius 3 is 2.81 bits per heavy atom. The number of carbonyl (C=O) groups excluding carboxylic acids is 1. The summed E-state index contributed by atoms with van der Waals surface area (Å²) < 4.78 is 0. The van der Waals surface area contributed by atoms with Gasteiger partial charge in [0.25, 0.3) is 0 Å². The molecule has 4 aliphatic rings. The van der Waals surface area contributed by atoms with E-state index in [-0.39, 0.29) is 0 Å². The Labute approximate surface area is 163 Å². The van der Waals surface area contributed by atoms with Crippen LogP contribution in [0.5, 0.6) is 0 Å². The van der Waals surface area contributed by atoms with Gasteiger partial charge in [-0.05, 0) is 85.3 Å². The minimum absolute atomic E-state index is 0.336. The Kier molecular flexibility index (Phi) is 4.27. The molecule has 7 atom stereocenters. The topological polar surface area (TPSA) is 17.1 Å². The van der Waals surface area contributed by atoms with Gasteiger partial charge in [-0.3, -0.25) is 4.79 Å². The lowest BCUT2D eigenvalue weighted by molar-refractivity contribution is -0.118. The van der Waals surface area contributed by atoms with Crippen molar-refractivity contribution < 1.29 is 4.79 Å². The fourth-order valence-electron chi connectivity index (χ4n) is 7.22. The van der Waals surface area contributed by atoms with Crippen LogP contribution in [0.25, 0.3) is 0 Å². The first kappa shape index (κ1) is 17.3. The van der Waals surface area contributed by atoms with Crippen molar-refractivity contribution in [3.05, 3.63) is 48.0 Å². The summed E-state index contributed by atoms with van der Waals surface area (Å²) in [5, 5.41) is 0. The van der Waals surface area contributed by atoms with Gasteiger partial charge in [0.15, 0.2) is 5.78 Å². The molecule has 0 radical (unpaired) electrons. The Bertz CT molecular complexity index is 810. The second-order valence-electron chi connectivity index (χ2n) is 9.78. The van der Waals surface area contributed by atoms with Crippen molar-refractivity contribution in [3.63, 3.8) is 0 Å². The van der Waals surface area contributed by atoms with E-state index in [4.69, 9.17) is 0 Å². The Balaban J connectivity index is 1.52. The van der Waals surface area contributed by atoms with E-state index in [1.807, 2.05) is 6.08 Å². The maximum atomic E-state index is 12.0. The van der Waals surface area contributed by atoms with E-state index in [1.165, 1.54) is 38.5 Å². The van der Waals surface area contributed by atoms with Gasteiger partial charge in [0, 0.05) is 17.9 Å². The average molecular weight is 359 g/mol. The lowest BCUT2D eigenvalue weighted by atomic mass is 9.48. The molecule has 1 aromatic rings. The number of rotatable bonds is 0. The molecule has 1 nitrogen and oxygen atoms in total. The van der Waals surface area contributed by atoms with Crippen molar-refractivity contribution in [3.8, 4) is 11.8 Å². The van der Waals surface area contributed by atoms with E-state index >= 15 is 0 Å². The molecule has 1 heteroatoms. The summed E-state index contributed by atoms with van der Waals surface area (Å²) in [6.07, 6.45) is 12.9. The molecule has 4 aliphatic carbocycles. The molecule has 27 heavy (non-hydrogen) atoms. The van der Waals surface area contributed by atoms with E-state index in [0.717, 1.165) is 23.8 Å². The molecule has 0 saturated heterocycles. The van der Waals surface area contributed by atoms with Crippen LogP contribution in [0.1, 0.15) is 57.4 Å². The first-order valence-electron chi connectivity index (χ1n) is 10.9. The molecule has 3 fully saturated rings. The SMILES string of the molecule is C[C@@]12CCC[C@H]1[C@@H]1CCC3CC(=O)C=C[C@@H]3[C@H]1[C@@H](C#Cc1ccccc1)C2. The van der Waals surface area contributed by atoms with Crippen molar-refractivity contribution in [2.75, 3.05) is 0 Å². The van der Waals surface area contributed by atoms with Crippen LogP contribution in [-0.2, 0) is 4.79 Å². The molecule has 1 unspecified atom stereocenters. The summed E-state index contributed by atoms with van der Waals surface area (Å²) in [5.41, 5.74) is 1.62. The smallest absolute Gasteiger partial charge is 0.155 e. The summed E-state index contributed by atoms with van der Waals surface area (Å²) in [6, 6.07) is 10.5. The lowest BCUT2D eigenvalue weighted by Gasteiger charge is -2.55. The number of ketones is 1. The van der Waals surface area contributed by atoms with Crippen molar-refractivity contribution in [2.24, 2.45) is 40.9 Å². The van der Waals surface area contributed by atoms with Crippen LogP contribution in [0.4, 0.5) is 0 Å². The highest BCUT2D eigenvalue weighted by Crippen LogP contribution is 2.63. The number of hydrogen-bond acceptors (Lipinski definition) is 1. The van der Waals surface area contributed by atoms with Crippen molar-refractivity contribution in [1.29, 1.82) is 0 Å². The van der Waals surface area contributed by atoms with Crippen LogP contribution in [0.15, 0.2) is 42.5 Å². The van der Waals surface area contributed by atoms with Crippen molar-refractivity contribution in [2.45, 2.75) is 51.9 Å². The van der Waals surface area contributed by atoms with E-state index in [2.05, 4.69) is 55.2 Å². The van der Waals surface area contributed by atoms with Gasteiger partial charge in [-0.2, -0.15) is 0 Å². The molecular weight excluding hydrogens is 328 g/mol. The van der Waals surface area contributed by atoms with E-state index in [0.29, 0.717) is 34.9 Å². The molecule has 0 aliphatic heterocycles. The minimum atomic E-state index is 0.336. The largest absolute Gasteiger partial charge is 0.295 e. The second-order valence-corrected chi connectivity index (χ2v) is 9.78. The molecule has 140 valence electrons. The predicted molar refractivity (Wildman–Crippen MR) is 109 cm³/mol. The first-order chi connectivity index (χ1) is 13.1. The van der Waals surface area contributed by atoms with Crippen LogP contribution in [-0.4, -0.2) is 5.78 Å². The van der Waals surface area contributed by atoms with Gasteiger partial charge in [0.2, 0.25) is 0 Å². The van der Waals surface area contributed by atoms with E-state index in [9.17, 15) is 4.79 Å². The zero-order valence-corrected chi connectivity index (χ0v) is 16.4. The molecule has 1 aromatic carbocycles. The predicted octanol–water partition coefficient (Wildman–Crippen LogP) is 5.65. The monoisotopic (exact) mass is 358 g/mol. The number of allylic oxidation sites excluding steroid dienone is 2. The molecule has 0 aromatic heterocycles. The quantitative estimate of drug-likeness (QED) is 0.548. The fourth-order valence-corrected chi connectivity index (χ4v) is 7.22. The van der Waals surface area contributed by atoms with Gasteiger partial charge < -0.3 is 0 Å². The summed E-state index contributed by atoms with van der Waals surface area (Å²) in [5.74, 6) is 11.5. The minimum Gasteiger partial charge on any atom is -0.295 e. The number of hydrogen-bond donors (Lipinski definition) is 0.